The molecule has 1 aliphatic heterocycles. The van der Waals surface area contributed by atoms with Gasteiger partial charge >= 0.3 is 5.97 Å². The maximum Gasteiger partial charge on any atom is 0.330 e. The highest BCUT2D eigenvalue weighted by Gasteiger charge is 2.39. The number of hydrogen-bond acceptors (Lipinski definition) is 7. The van der Waals surface area contributed by atoms with Gasteiger partial charge in [0.05, 0.1) is 47.8 Å². The molecule has 0 saturated carbocycles. The molecule has 0 aromatic heterocycles. The predicted octanol–water partition coefficient (Wildman–Crippen LogP) is 4.39. The quantitative estimate of drug-likeness (QED) is 0.388. The Morgan fingerprint density at radius 2 is 1.58 bits per heavy atom. The highest BCUT2D eigenvalue weighted by Crippen LogP contribution is 2.43. The Kier molecular flexibility index (Phi) is 8.60. The van der Waals surface area contributed by atoms with Crippen molar-refractivity contribution < 1.29 is 33.2 Å². The largest absolute Gasteiger partial charge is 0.493 e. The van der Waals surface area contributed by atoms with E-state index in [2.05, 4.69) is 0 Å². The molecule has 1 aliphatic rings. The van der Waals surface area contributed by atoms with Gasteiger partial charge in [-0.25, -0.2) is 4.79 Å². The van der Waals surface area contributed by atoms with Crippen LogP contribution in [0.2, 0.25) is 0 Å². The first-order valence-corrected chi connectivity index (χ1v) is 10.9. The van der Waals surface area contributed by atoms with E-state index in [0.717, 1.165) is 17.5 Å². The Hall–Kier alpha value is -3.19. The van der Waals surface area contributed by atoms with Crippen LogP contribution in [0.3, 0.4) is 0 Å². The van der Waals surface area contributed by atoms with Crippen LogP contribution in [-0.2, 0) is 20.7 Å². The molecular formula is C26H32O7. The minimum absolute atomic E-state index is 0.0367. The molecule has 0 aliphatic carbocycles. The summed E-state index contributed by atoms with van der Waals surface area (Å²) in [6.07, 6.45) is 3.59. The molecule has 178 valence electrons. The molecule has 2 aromatic carbocycles. The topological polar surface area (TPSA) is 72.5 Å². The third-order valence-electron chi connectivity index (χ3n) is 5.89. The lowest BCUT2D eigenvalue weighted by atomic mass is 9.84. The monoisotopic (exact) mass is 456 g/mol. The van der Waals surface area contributed by atoms with Crippen molar-refractivity contribution in [3.05, 3.63) is 59.7 Å². The highest BCUT2D eigenvalue weighted by molar-refractivity contribution is 5.81. The van der Waals surface area contributed by atoms with Gasteiger partial charge in [0.2, 0.25) is 0 Å². The molecular weight excluding hydrogens is 424 g/mol. The fourth-order valence-electron chi connectivity index (χ4n) is 4.20. The number of esters is 1. The summed E-state index contributed by atoms with van der Waals surface area (Å²) in [5, 5.41) is 0. The molecule has 3 rings (SSSR count). The van der Waals surface area contributed by atoms with E-state index >= 15 is 0 Å². The minimum Gasteiger partial charge on any atom is -0.493 e. The van der Waals surface area contributed by atoms with Crippen LogP contribution >= 0.6 is 0 Å². The molecule has 1 saturated heterocycles. The Labute approximate surface area is 195 Å². The summed E-state index contributed by atoms with van der Waals surface area (Å²) < 4.78 is 33.4. The Morgan fingerprint density at radius 1 is 0.939 bits per heavy atom. The van der Waals surface area contributed by atoms with E-state index in [9.17, 15) is 4.79 Å². The van der Waals surface area contributed by atoms with Crippen LogP contribution in [0.1, 0.15) is 24.2 Å². The molecule has 7 heteroatoms. The molecule has 7 nitrogen and oxygen atoms in total. The summed E-state index contributed by atoms with van der Waals surface area (Å²) in [5.41, 5.74) is 2.05. The van der Waals surface area contributed by atoms with Crippen molar-refractivity contribution >= 4 is 5.97 Å². The molecule has 0 spiro atoms. The van der Waals surface area contributed by atoms with Crippen molar-refractivity contribution in [3.8, 4) is 23.0 Å². The van der Waals surface area contributed by atoms with Gasteiger partial charge in [-0.05, 0) is 54.7 Å². The van der Waals surface area contributed by atoms with E-state index in [1.54, 1.807) is 41.4 Å². The van der Waals surface area contributed by atoms with Gasteiger partial charge in [-0.1, -0.05) is 18.2 Å². The summed E-state index contributed by atoms with van der Waals surface area (Å²) in [5.74, 6) is 2.39. The van der Waals surface area contributed by atoms with E-state index in [1.165, 1.54) is 6.08 Å². The Bertz CT molecular complexity index is 969. The standard InChI is InChI=1S/C26H32O7/c1-6-7-25(27)32-16-20-19(12-17-8-10-21(28-2)23(13-17)30-4)15-33-26(20)18-9-11-22(29-3)24(14-18)31-5/h6-11,13-14,19-20,26H,12,15-16H2,1-5H3/t19-,20-,26+/m0/s1. The molecule has 0 N–H and O–H groups in total. The first kappa shape index (κ1) is 24.5. The van der Waals surface area contributed by atoms with Gasteiger partial charge in [0.25, 0.3) is 0 Å². The summed E-state index contributed by atoms with van der Waals surface area (Å²) >= 11 is 0. The average molecular weight is 457 g/mol. The number of methoxy groups -OCH3 is 4. The zero-order valence-electron chi connectivity index (χ0n) is 19.8. The fraction of sp³-hybridized carbons (Fsp3) is 0.423. The molecule has 33 heavy (non-hydrogen) atoms. The molecule has 0 amide bonds. The third kappa shape index (κ3) is 5.79. The Morgan fingerprint density at radius 3 is 2.21 bits per heavy atom. The lowest BCUT2D eigenvalue weighted by Crippen LogP contribution is -2.24. The van der Waals surface area contributed by atoms with Crippen LogP contribution in [-0.4, -0.2) is 47.6 Å². The second-order valence-electron chi connectivity index (χ2n) is 7.82. The zero-order valence-corrected chi connectivity index (χ0v) is 19.8. The van der Waals surface area contributed by atoms with Crippen molar-refractivity contribution in [2.75, 3.05) is 41.7 Å². The lowest BCUT2D eigenvalue weighted by Gasteiger charge is -2.24. The van der Waals surface area contributed by atoms with E-state index in [4.69, 9.17) is 28.4 Å². The number of carbonyl (C=O) groups excluding carboxylic acids is 1. The lowest BCUT2D eigenvalue weighted by molar-refractivity contribution is -0.140. The van der Waals surface area contributed by atoms with Crippen molar-refractivity contribution in [1.82, 2.24) is 0 Å². The number of ether oxygens (including phenoxy) is 6. The van der Waals surface area contributed by atoms with Gasteiger partial charge in [0, 0.05) is 12.0 Å². The van der Waals surface area contributed by atoms with Gasteiger partial charge in [-0.3, -0.25) is 0 Å². The van der Waals surface area contributed by atoms with Crippen LogP contribution in [0.4, 0.5) is 0 Å². The number of rotatable bonds is 10. The second-order valence-corrected chi connectivity index (χ2v) is 7.82. The number of hydrogen-bond donors (Lipinski definition) is 0. The third-order valence-corrected chi connectivity index (χ3v) is 5.89. The summed E-state index contributed by atoms with van der Waals surface area (Å²) in [4.78, 5) is 12.0. The van der Waals surface area contributed by atoms with Crippen molar-refractivity contribution in [2.45, 2.75) is 19.4 Å². The van der Waals surface area contributed by atoms with Gasteiger partial charge in [0.15, 0.2) is 23.0 Å². The van der Waals surface area contributed by atoms with Crippen LogP contribution in [0, 0.1) is 11.8 Å². The first-order valence-electron chi connectivity index (χ1n) is 10.9. The molecule has 1 heterocycles. The van der Waals surface area contributed by atoms with Crippen LogP contribution in [0.15, 0.2) is 48.6 Å². The van der Waals surface area contributed by atoms with Crippen molar-refractivity contribution in [1.29, 1.82) is 0 Å². The van der Waals surface area contributed by atoms with Crippen molar-refractivity contribution in [3.63, 3.8) is 0 Å². The van der Waals surface area contributed by atoms with Gasteiger partial charge in [0.1, 0.15) is 0 Å². The normalized spacial score (nSPS) is 20.0. The Balaban J connectivity index is 1.86. The van der Waals surface area contributed by atoms with Crippen LogP contribution in [0.5, 0.6) is 23.0 Å². The summed E-state index contributed by atoms with van der Waals surface area (Å²) in [7, 11) is 6.45. The molecule has 1 fully saturated rings. The molecule has 2 aromatic rings. The SMILES string of the molecule is CC=CC(=O)OC[C@H]1[C@@H](Cc2ccc(OC)c(OC)c2)CO[C@@H]1c1ccc(OC)c(OC)c1. The maximum absolute atomic E-state index is 12.0. The smallest absolute Gasteiger partial charge is 0.330 e. The van der Waals surface area contributed by atoms with Crippen LogP contribution in [0.25, 0.3) is 0 Å². The number of carbonyl (C=O) groups is 1. The van der Waals surface area contributed by atoms with Gasteiger partial charge in [-0.2, -0.15) is 0 Å². The molecule has 0 bridgehead atoms. The fourth-order valence-corrected chi connectivity index (χ4v) is 4.20. The number of benzene rings is 2. The van der Waals surface area contributed by atoms with E-state index in [-0.39, 0.29) is 30.5 Å². The van der Waals surface area contributed by atoms with E-state index in [1.807, 2.05) is 36.4 Å². The first-order chi connectivity index (χ1) is 16.0. The molecule has 0 unspecified atom stereocenters. The zero-order chi connectivity index (χ0) is 23.8. The van der Waals surface area contributed by atoms with Crippen molar-refractivity contribution in [2.24, 2.45) is 11.8 Å². The second kappa shape index (κ2) is 11.6. The maximum atomic E-state index is 12.0. The predicted molar refractivity (Wildman–Crippen MR) is 124 cm³/mol. The van der Waals surface area contributed by atoms with Gasteiger partial charge < -0.3 is 28.4 Å². The van der Waals surface area contributed by atoms with Gasteiger partial charge in [-0.15, -0.1) is 0 Å². The summed E-state index contributed by atoms with van der Waals surface area (Å²) in [6.45, 7) is 2.57. The average Bonchev–Trinajstić information content (AvgIpc) is 3.24. The highest BCUT2D eigenvalue weighted by atomic mass is 16.5. The minimum atomic E-state index is -0.361. The van der Waals surface area contributed by atoms with Crippen LogP contribution < -0.4 is 18.9 Å². The number of allylic oxidation sites excluding steroid dienone is 1. The van der Waals surface area contributed by atoms with E-state index < -0.39 is 0 Å². The molecule has 3 atom stereocenters. The molecule has 0 radical (unpaired) electrons. The summed E-state index contributed by atoms with van der Waals surface area (Å²) in [6, 6.07) is 11.6. The van der Waals surface area contributed by atoms with E-state index in [0.29, 0.717) is 29.6 Å².